The van der Waals surface area contributed by atoms with Gasteiger partial charge in [0.05, 0.1) is 21.5 Å². The molecule has 0 aromatic heterocycles. The molecular formula is C26H24N4O2. The third-order valence-electron chi connectivity index (χ3n) is 6.78. The largest absolute Gasteiger partial charge is 0.507 e. The number of phenols is 2. The second-order valence-electron chi connectivity index (χ2n) is 8.79. The molecule has 0 saturated carbocycles. The van der Waals surface area contributed by atoms with E-state index in [-0.39, 0.29) is 11.5 Å². The molecule has 0 amide bonds. The molecule has 6 rings (SSSR count). The number of hydrogen-bond acceptors (Lipinski definition) is 6. The van der Waals surface area contributed by atoms with Gasteiger partial charge in [-0.1, -0.05) is 54.6 Å². The van der Waals surface area contributed by atoms with Crippen LogP contribution in [0, 0.1) is 0 Å². The zero-order chi connectivity index (χ0) is 21.9. The van der Waals surface area contributed by atoms with Crippen molar-refractivity contribution in [3.63, 3.8) is 0 Å². The SMILES string of the molecule is Nc1cc2c(c3c(O)c4ccccc4c(O)c13)=NC1(CCN(Cc3ccccc3)CC1)N=2. The van der Waals surface area contributed by atoms with E-state index in [9.17, 15) is 10.2 Å². The molecule has 6 nitrogen and oxygen atoms in total. The second-order valence-corrected chi connectivity index (χ2v) is 8.79. The van der Waals surface area contributed by atoms with E-state index in [4.69, 9.17) is 15.7 Å². The van der Waals surface area contributed by atoms with Crippen molar-refractivity contribution >= 4 is 27.2 Å². The Morgan fingerprint density at radius 1 is 0.844 bits per heavy atom. The third-order valence-corrected chi connectivity index (χ3v) is 6.78. The molecule has 2 aliphatic rings. The van der Waals surface area contributed by atoms with E-state index < -0.39 is 5.66 Å². The van der Waals surface area contributed by atoms with E-state index in [1.807, 2.05) is 18.2 Å². The molecule has 6 heteroatoms. The van der Waals surface area contributed by atoms with E-state index in [1.54, 1.807) is 18.2 Å². The van der Waals surface area contributed by atoms with Crippen molar-refractivity contribution in [3.8, 4) is 11.5 Å². The molecule has 0 aliphatic carbocycles. The van der Waals surface area contributed by atoms with Crippen LogP contribution >= 0.6 is 0 Å². The summed E-state index contributed by atoms with van der Waals surface area (Å²) in [5, 5.41) is 25.5. The Morgan fingerprint density at radius 3 is 2.16 bits per heavy atom. The third kappa shape index (κ3) is 2.83. The van der Waals surface area contributed by atoms with Crippen LogP contribution < -0.4 is 16.4 Å². The van der Waals surface area contributed by atoms with E-state index in [0.29, 0.717) is 37.9 Å². The smallest absolute Gasteiger partial charge is 0.154 e. The molecule has 2 aliphatic heterocycles. The summed E-state index contributed by atoms with van der Waals surface area (Å²) in [5.74, 6) is 0.164. The average molecular weight is 425 g/mol. The van der Waals surface area contributed by atoms with Crippen LogP contribution in [0.25, 0.3) is 21.5 Å². The molecule has 0 radical (unpaired) electrons. The van der Waals surface area contributed by atoms with Crippen LogP contribution in [-0.4, -0.2) is 33.9 Å². The summed E-state index contributed by atoms with van der Waals surface area (Å²) < 4.78 is 0. The average Bonchev–Trinajstić information content (AvgIpc) is 3.16. The highest BCUT2D eigenvalue weighted by Gasteiger charge is 2.36. The Bertz CT molecular complexity index is 1490. The molecule has 4 aromatic carbocycles. The van der Waals surface area contributed by atoms with Crippen LogP contribution in [0.1, 0.15) is 18.4 Å². The summed E-state index contributed by atoms with van der Waals surface area (Å²) >= 11 is 0. The number of fused-ring (bicyclic) bond motifs is 4. The highest BCUT2D eigenvalue weighted by molar-refractivity contribution is 6.14. The lowest BCUT2D eigenvalue weighted by Gasteiger charge is -2.35. The van der Waals surface area contributed by atoms with Crippen molar-refractivity contribution in [2.45, 2.75) is 25.0 Å². The number of piperidine rings is 1. The lowest BCUT2D eigenvalue weighted by Crippen LogP contribution is -2.41. The number of phenolic OH excluding ortho intramolecular Hbond substituents is 2. The van der Waals surface area contributed by atoms with Gasteiger partial charge in [0, 0.05) is 48.9 Å². The van der Waals surface area contributed by atoms with Gasteiger partial charge < -0.3 is 15.9 Å². The molecule has 1 fully saturated rings. The van der Waals surface area contributed by atoms with Crippen LogP contribution in [0.4, 0.5) is 5.69 Å². The van der Waals surface area contributed by atoms with Gasteiger partial charge in [0.2, 0.25) is 0 Å². The number of nitrogens with two attached hydrogens (primary N) is 1. The second kappa shape index (κ2) is 6.93. The maximum Gasteiger partial charge on any atom is 0.154 e. The van der Waals surface area contributed by atoms with Gasteiger partial charge in [-0.3, -0.25) is 14.9 Å². The number of aromatic hydroxyl groups is 2. The number of benzene rings is 4. The van der Waals surface area contributed by atoms with Crippen molar-refractivity contribution in [1.82, 2.24) is 4.90 Å². The van der Waals surface area contributed by atoms with Crippen LogP contribution in [0.2, 0.25) is 0 Å². The minimum Gasteiger partial charge on any atom is -0.507 e. The molecule has 4 N–H and O–H groups in total. The fourth-order valence-electron chi connectivity index (χ4n) is 5.12. The monoisotopic (exact) mass is 424 g/mol. The first kappa shape index (κ1) is 19.1. The van der Waals surface area contributed by atoms with Crippen LogP contribution in [0.15, 0.2) is 70.6 Å². The fraction of sp³-hybridized carbons (Fsp3) is 0.231. The summed E-state index contributed by atoms with van der Waals surface area (Å²) in [6, 6.07) is 19.5. The zero-order valence-corrected chi connectivity index (χ0v) is 17.6. The van der Waals surface area contributed by atoms with Gasteiger partial charge in [-0.05, 0) is 11.6 Å². The van der Waals surface area contributed by atoms with Crippen molar-refractivity contribution < 1.29 is 10.2 Å². The standard InChI is InChI=1S/C26H24N4O2/c27-19-14-20-23(22-21(19)24(31)17-8-4-5-9-18(17)25(22)32)29-26(28-20)10-12-30(13-11-26)15-16-6-2-1-3-7-16/h1-9,14,31-32H,10-13,15,27H2. The number of nitrogens with zero attached hydrogens (tertiary/aromatic N) is 3. The number of nitrogen functional groups attached to an aromatic ring is 1. The van der Waals surface area contributed by atoms with Crippen LogP contribution in [-0.2, 0) is 6.54 Å². The van der Waals surface area contributed by atoms with Gasteiger partial charge in [0.15, 0.2) is 5.66 Å². The first-order valence-corrected chi connectivity index (χ1v) is 11.0. The maximum atomic E-state index is 11.1. The molecule has 160 valence electrons. The lowest BCUT2D eigenvalue weighted by molar-refractivity contribution is 0.160. The van der Waals surface area contributed by atoms with Crippen molar-refractivity contribution in [1.29, 1.82) is 0 Å². The zero-order valence-electron chi connectivity index (χ0n) is 17.6. The summed E-state index contributed by atoms with van der Waals surface area (Å²) in [7, 11) is 0. The summed E-state index contributed by atoms with van der Waals surface area (Å²) in [5.41, 5.74) is 7.50. The van der Waals surface area contributed by atoms with Gasteiger partial charge in [0.25, 0.3) is 0 Å². The molecule has 1 saturated heterocycles. The number of rotatable bonds is 2. The Hall–Kier alpha value is -3.64. The predicted molar refractivity (Wildman–Crippen MR) is 125 cm³/mol. The van der Waals surface area contributed by atoms with Crippen molar-refractivity contribution in [3.05, 3.63) is 76.9 Å². The van der Waals surface area contributed by atoms with Crippen molar-refractivity contribution in [2.24, 2.45) is 9.98 Å². The first-order chi connectivity index (χ1) is 15.5. The molecule has 0 atom stereocenters. The maximum absolute atomic E-state index is 11.1. The fourth-order valence-corrected chi connectivity index (χ4v) is 5.12. The molecule has 0 unspecified atom stereocenters. The van der Waals surface area contributed by atoms with E-state index in [1.165, 1.54) is 5.56 Å². The lowest BCUT2D eigenvalue weighted by atomic mass is 9.97. The molecule has 0 bridgehead atoms. The van der Waals surface area contributed by atoms with Gasteiger partial charge in [-0.25, -0.2) is 0 Å². The Balaban J connectivity index is 1.43. The molecular weight excluding hydrogens is 400 g/mol. The van der Waals surface area contributed by atoms with E-state index in [0.717, 1.165) is 32.5 Å². The predicted octanol–water partition coefficient (Wildman–Crippen LogP) is 3.23. The number of hydrogen-bond donors (Lipinski definition) is 3. The summed E-state index contributed by atoms with van der Waals surface area (Å²) in [6.07, 6.45) is 1.60. The molecule has 32 heavy (non-hydrogen) atoms. The minimum atomic E-state index is -0.538. The van der Waals surface area contributed by atoms with E-state index in [2.05, 4.69) is 29.2 Å². The number of anilines is 1. The summed E-state index contributed by atoms with van der Waals surface area (Å²) in [6.45, 7) is 2.70. The Labute approximate surface area is 185 Å². The van der Waals surface area contributed by atoms with Crippen LogP contribution in [0.5, 0.6) is 11.5 Å². The van der Waals surface area contributed by atoms with Crippen LogP contribution in [0.3, 0.4) is 0 Å². The molecule has 4 aromatic rings. The molecule has 2 heterocycles. The minimum absolute atomic E-state index is 0.0718. The first-order valence-electron chi connectivity index (χ1n) is 11.0. The normalized spacial score (nSPS) is 17.4. The summed E-state index contributed by atoms with van der Waals surface area (Å²) in [4.78, 5) is 12.5. The van der Waals surface area contributed by atoms with Gasteiger partial charge in [-0.2, -0.15) is 0 Å². The Morgan fingerprint density at radius 2 is 1.47 bits per heavy atom. The quantitative estimate of drug-likeness (QED) is 0.262. The Kier molecular flexibility index (Phi) is 4.13. The van der Waals surface area contributed by atoms with E-state index >= 15 is 0 Å². The topological polar surface area (TPSA) is 94.4 Å². The molecule has 1 spiro atoms. The van der Waals surface area contributed by atoms with Gasteiger partial charge in [-0.15, -0.1) is 0 Å². The number of likely N-dealkylation sites (tertiary alicyclic amines) is 1. The van der Waals surface area contributed by atoms with Crippen molar-refractivity contribution in [2.75, 3.05) is 18.8 Å². The highest BCUT2D eigenvalue weighted by atomic mass is 16.3. The van der Waals surface area contributed by atoms with Gasteiger partial charge >= 0.3 is 0 Å². The highest BCUT2D eigenvalue weighted by Crippen LogP contribution is 2.42. The van der Waals surface area contributed by atoms with Gasteiger partial charge in [0.1, 0.15) is 11.5 Å².